The second-order valence-corrected chi connectivity index (χ2v) is 2.96. The number of hydrogen-bond acceptors (Lipinski definition) is 3. The van der Waals surface area contributed by atoms with E-state index in [1.165, 1.54) is 0 Å². The molecule has 3 heteroatoms. The molecule has 2 atom stereocenters. The first-order chi connectivity index (χ1) is 5.20. The SMILES string of the molecule is CC1=C(C)[C@H]2CO[C@H](O2)C1=O. The smallest absolute Gasteiger partial charge is 0.223 e. The van der Waals surface area contributed by atoms with Crippen molar-refractivity contribution in [1.29, 1.82) is 0 Å². The fourth-order valence-electron chi connectivity index (χ4n) is 1.38. The average Bonchev–Trinajstić information content (AvgIpc) is 2.44. The minimum Gasteiger partial charge on any atom is -0.343 e. The first-order valence-electron chi connectivity index (χ1n) is 3.69. The Hall–Kier alpha value is -0.670. The fourth-order valence-corrected chi connectivity index (χ4v) is 1.38. The molecule has 0 unspecified atom stereocenters. The summed E-state index contributed by atoms with van der Waals surface area (Å²) in [6.07, 6.45) is -0.582. The molecule has 0 amide bonds. The molecular weight excluding hydrogens is 144 g/mol. The third-order valence-electron chi connectivity index (χ3n) is 2.34. The standard InChI is InChI=1S/C8H10O3/c1-4-5(2)7(9)8-10-3-6(4)11-8/h6,8H,3H2,1-2H3/t6-,8-/m1/s1. The summed E-state index contributed by atoms with van der Waals surface area (Å²) in [6.45, 7) is 4.28. The van der Waals surface area contributed by atoms with Gasteiger partial charge in [0.25, 0.3) is 0 Å². The summed E-state index contributed by atoms with van der Waals surface area (Å²) in [5.74, 6) is -0.0174. The molecule has 3 nitrogen and oxygen atoms in total. The number of carbonyl (C=O) groups excluding carboxylic acids is 1. The summed E-state index contributed by atoms with van der Waals surface area (Å²) in [5, 5.41) is 0. The maximum atomic E-state index is 11.3. The molecule has 0 radical (unpaired) electrons. The van der Waals surface area contributed by atoms with Crippen LogP contribution in [0.5, 0.6) is 0 Å². The van der Waals surface area contributed by atoms with Crippen molar-refractivity contribution >= 4 is 5.78 Å². The van der Waals surface area contributed by atoms with Crippen molar-refractivity contribution in [1.82, 2.24) is 0 Å². The third-order valence-corrected chi connectivity index (χ3v) is 2.34. The number of ketones is 1. The van der Waals surface area contributed by atoms with Gasteiger partial charge in [-0.15, -0.1) is 0 Å². The van der Waals surface area contributed by atoms with E-state index in [0.717, 1.165) is 11.1 Å². The van der Waals surface area contributed by atoms with Crippen LogP contribution >= 0.6 is 0 Å². The van der Waals surface area contributed by atoms with Crippen LogP contribution in [0.1, 0.15) is 13.8 Å². The van der Waals surface area contributed by atoms with E-state index in [9.17, 15) is 4.79 Å². The summed E-state index contributed by atoms with van der Waals surface area (Å²) in [6, 6.07) is 0. The van der Waals surface area contributed by atoms with Gasteiger partial charge in [0.05, 0.1) is 6.61 Å². The van der Waals surface area contributed by atoms with E-state index >= 15 is 0 Å². The van der Waals surface area contributed by atoms with E-state index < -0.39 is 6.29 Å². The van der Waals surface area contributed by atoms with Crippen molar-refractivity contribution in [2.45, 2.75) is 26.2 Å². The molecule has 0 N–H and O–H groups in total. The molecule has 0 saturated carbocycles. The summed E-state index contributed by atoms with van der Waals surface area (Å²) in [5.41, 5.74) is 1.83. The molecule has 0 aromatic heterocycles. The van der Waals surface area contributed by atoms with Crippen molar-refractivity contribution < 1.29 is 14.3 Å². The first-order valence-corrected chi connectivity index (χ1v) is 3.69. The molecule has 60 valence electrons. The highest BCUT2D eigenvalue weighted by molar-refractivity contribution is 5.99. The molecule has 2 aliphatic rings. The molecule has 0 aliphatic carbocycles. The predicted molar refractivity (Wildman–Crippen MR) is 38.0 cm³/mol. The highest BCUT2D eigenvalue weighted by atomic mass is 16.7. The van der Waals surface area contributed by atoms with Crippen LogP contribution in [-0.4, -0.2) is 24.8 Å². The number of fused-ring (bicyclic) bond motifs is 2. The Morgan fingerprint density at radius 1 is 1.45 bits per heavy atom. The molecule has 0 aromatic carbocycles. The monoisotopic (exact) mass is 154 g/mol. The first kappa shape index (κ1) is 7.00. The average molecular weight is 154 g/mol. The summed E-state index contributed by atoms with van der Waals surface area (Å²) < 4.78 is 10.4. The van der Waals surface area contributed by atoms with Crippen LogP contribution in [0.3, 0.4) is 0 Å². The predicted octanol–water partition coefficient (Wildman–Crippen LogP) is 0.647. The normalized spacial score (nSPS) is 36.7. The minimum atomic E-state index is -0.608. The molecule has 2 heterocycles. The Morgan fingerprint density at radius 2 is 2.18 bits per heavy atom. The van der Waals surface area contributed by atoms with Gasteiger partial charge in [-0.3, -0.25) is 4.79 Å². The van der Waals surface area contributed by atoms with Gasteiger partial charge in [0, 0.05) is 0 Å². The van der Waals surface area contributed by atoms with E-state index in [0.29, 0.717) is 6.61 Å². The van der Waals surface area contributed by atoms with E-state index in [1.54, 1.807) is 0 Å². The van der Waals surface area contributed by atoms with Crippen molar-refractivity contribution in [2.75, 3.05) is 6.61 Å². The van der Waals surface area contributed by atoms with Crippen LogP contribution in [0, 0.1) is 0 Å². The van der Waals surface area contributed by atoms with Crippen LogP contribution in [-0.2, 0) is 14.3 Å². The lowest BCUT2D eigenvalue weighted by molar-refractivity contribution is -0.143. The number of carbonyl (C=O) groups is 1. The molecule has 0 spiro atoms. The van der Waals surface area contributed by atoms with Crippen LogP contribution in [0.25, 0.3) is 0 Å². The van der Waals surface area contributed by atoms with Gasteiger partial charge in [0.1, 0.15) is 6.10 Å². The third kappa shape index (κ3) is 0.847. The molecular formula is C8H10O3. The van der Waals surface area contributed by atoms with Crippen molar-refractivity contribution in [3.63, 3.8) is 0 Å². The minimum absolute atomic E-state index is 0.0174. The van der Waals surface area contributed by atoms with Gasteiger partial charge in [-0.25, -0.2) is 0 Å². The molecule has 2 bridgehead atoms. The molecule has 0 aromatic rings. The molecule has 2 aliphatic heterocycles. The fraction of sp³-hybridized carbons (Fsp3) is 0.625. The molecule has 1 fully saturated rings. The van der Waals surface area contributed by atoms with Crippen LogP contribution in [0.2, 0.25) is 0 Å². The Morgan fingerprint density at radius 3 is 2.91 bits per heavy atom. The summed E-state index contributed by atoms with van der Waals surface area (Å²) >= 11 is 0. The lowest BCUT2D eigenvalue weighted by Crippen LogP contribution is -2.29. The molecule has 11 heavy (non-hydrogen) atoms. The number of rotatable bonds is 0. The summed E-state index contributed by atoms with van der Waals surface area (Å²) in [7, 11) is 0. The number of hydrogen-bond donors (Lipinski definition) is 0. The zero-order valence-electron chi connectivity index (χ0n) is 6.59. The zero-order valence-corrected chi connectivity index (χ0v) is 6.59. The Kier molecular flexibility index (Phi) is 1.37. The molecule has 2 rings (SSSR count). The lowest BCUT2D eigenvalue weighted by atomic mass is 10.0. The van der Waals surface area contributed by atoms with E-state index in [2.05, 4.69) is 0 Å². The zero-order chi connectivity index (χ0) is 8.01. The van der Waals surface area contributed by atoms with Gasteiger partial charge in [-0.2, -0.15) is 0 Å². The Bertz CT molecular complexity index is 242. The maximum absolute atomic E-state index is 11.3. The van der Waals surface area contributed by atoms with Gasteiger partial charge >= 0.3 is 0 Å². The number of ether oxygens (including phenoxy) is 2. The van der Waals surface area contributed by atoms with Crippen LogP contribution in [0.15, 0.2) is 11.1 Å². The van der Waals surface area contributed by atoms with Gasteiger partial charge in [-0.05, 0) is 25.0 Å². The van der Waals surface area contributed by atoms with E-state index in [1.807, 2.05) is 13.8 Å². The van der Waals surface area contributed by atoms with Crippen molar-refractivity contribution in [2.24, 2.45) is 0 Å². The Labute approximate surface area is 65.0 Å². The van der Waals surface area contributed by atoms with Crippen LogP contribution in [0.4, 0.5) is 0 Å². The summed E-state index contributed by atoms with van der Waals surface area (Å²) in [4.78, 5) is 11.3. The highest BCUT2D eigenvalue weighted by Crippen LogP contribution is 2.28. The van der Waals surface area contributed by atoms with E-state index in [4.69, 9.17) is 9.47 Å². The maximum Gasteiger partial charge on any atom is 0.223 e. The topological polar surface area (TPSA) is 35.5 Å². The molecule has 1 saturated heterocycles. The van der Waals surface area contributed by atoms with Crippen molar-refractivity contribution in [3.8, 4) is 0 Å². The largest absolute Gasteiger partial charge is 0.343 e. The second-order valence-electron chi connectivity index (χ2n) is 2.96. The van der Waals surface area contributed by atoms with E-state index in [-0.39, 0.29) is 11.9 Å². The van der Waals surface area contributed by atoms with Gasteiger partial charge in [-0.1, -0.05) is 0 Å². The highest BCUT2D eigenvalue weighted by Gasteiger charge is 2.39. The lowest BCUT2D eigenvalue weighted by Gasteiger charge is -2.19. The number of Topliss-reactive ketones (excluding diaryl/α,β-unsaturated/α-hetero) is 1. The van der Waals surface area contributed by atoms with Crippen molar-refractivity contribution in [3.05, 3.63) is 11.1 Å². The van der Waals surface area contributed by atoms with Gasteiger partial charge in [0.15, 0.2) is 0 Å². The quantitative estimate of drug-likeness (QED) is 0.513. The second kappa shape index (κ2) is 2.16. The van der Waals surface area contributed by atoms with Crippen LogP contribution < -0.4 is 0 Å². The van der Waals surface area contributed by atoms with Gasteiger partial charge < -0.3 is 9.47 Å². The Balaban J connectivity index is 2.42. The van der Waals surface area contributed by atoms with Gasteiger partial charge in [0.2, 0.25) is 12.1 Å².